The van der Waals surface area contributed by atoms with E-state index in [1.807, 2.05) is 0 Å². The van der Waals surface area contributed by atoms with Crippen molar-refractivity contribution in [1.82, 2.24) is 9.62 Å². The van der Waals surface area contributed by atoms with E-state index in [-0.39, 0.29) is 17.4 Å². The van der Waals surface area contributed by atoms with Crippen LogP contribution in [-0.2, 0) is 19.5 Å². The summed E-state index contributed by atoms with van der Waals surface area (Å²) >= 11 is 0. The van der Waals surface area contributed by atoms with Gasteiger partial charge in [-0.3, -0.25) is 4.90 Å². The molecule has 0 radical (unpaired) electrons. The van der Waals surface area contributed by atoms with Crippen LogP contribution in [-0.4, -0.2) is 70.2 Å². The summed E-state index contributed by atoms with van der Waals surface area (Å²) in [5, 5.41) is 0. The maximum atomic E-state index is 12.4. The maximum absolute atomic E-state index is 12.4. The minimum Gasteiger partial charge on any atom is -0.379 e. The van der Waals surface area contributed by atoms with Crippen LogP contribution in [0.15, 0.2) is 0 Å². The van der Waals surface area contributed by atoms with Crippen molar-refractivity contribution in [2.24, 2.45) is 5.41 Å². The molecule has 3 rings (SSSR count). The van der Waals surface area contributed by atoms with E-state index in [1.54, 1.807) is 0 Å². The number of ether oxygens (including phenoxy) is 2. The number of sulfonamides is 1. The van der Waals surface area contributed by atoms with Crippen molar-refractivity contribution in [2.75, 3.05) is 45.2 Å². The molecule has 1 atom stereocenters. The second kappa shape index (κ2) is 6.59. The molecule has 0 bridgehead atoms. The second-order valence-electron chi connectivity index (χ2n) is 8.01. The van der Waals surface area contributed by atoms with Gasteiger partial charge in [-0.25, -0.2) is 13.1 Å². The number of hydrogen-bond acceptors (Lipinski definition) is 5. The Kier molecular flexibility index (Phi) is 5.05. The third-order valence-electron chi connectivity index (χ3n) is 5.70. The zero-order valence-corrected chi connectivity index (χ0v) is 15.2. The van der Waals surface area contributed by atoms with E-state index < -0.39 is 10.0 Å². The molecule has 3 fully saturated rings. The van der Waals surface area contributed by atoms with Crippen LogP contribution in [0.4, 0.5) is 0 Å². The molecule has 2 heterocycles. The lowest BCUT2D eigenvalue weighted by Gasteiger charge is -2.40. The number of nitrogens with zero attached hydrogens (tertiary/aromatic N) is 1. The van der Waals surface area contributed by atoms with E-state index in [0.717, 1.165) is 26.1 Å². The zero-order valence-electron chi connectivity index (χ0n) is 14.3. The van der Waals surface area contributed by atoms with Crippen molar-refractivity contribution >= 4 is 10.0 Å². The molecule has 0 aromatic carbocycles. The van der Waals surface area contributed by atoms with Crippen LogP contribution >= 0.6 is 0 Å². The highest BCUT2D eigenvalue weighted by atomic mass is 32.2. The fourth-order valence-electron chi connectivity index (χ4n) is 3.90. The first-order valence-corrected chi connectivity index (χ1v) is 10.4. The van der Waals surface area contributed by atoms with E-state index in [9.17, 15) is 8.42 Å². The van der Waals surface area contributed by atoms with Crippen LogP contribution in [0.3, 0.4) is 0 Å². The van der Waals surface area contributed by atoms with Gasteiger partial charge in [-0.15, -0.1) is 0 Å². The summed E-state index contributed by atoms with van der Waals surface area (Å²) < 4.78 is 38.7. The topological polar surface area (TPSA) is 67.9 Å². The Bertz CT molecular complexity index is 510. The lowest BCUT2D eigenvalue weighted by Crippen LogP contribution is -2.55. The van der Waals surface area contributed by atoms with Crippen molar-refractivity contribution in [1.29, 1.82) is 0 Å². The average molecular weight is 346 g/mol. The molecule has 1 saturated carbocycles. The van der Waals surface area contributed by atoms with Gasteiger partial charge in [0.15, 0.2) is 0 Å². The minimum absolute atomic E-state index is 0.0912. The molecule has 1 unspecified atom stereocenters. The van der Waals surface area contributed by atoms with Gasteiger partial charge >= 0.3 is 0 Å². The van der Waals surface area contributed by atoms with Gasteiger partial charge in [-0.1, -0.05) is 6.42 Å². The van der Waals surface area contributed by atoms with E-state index in [1.165, 1.54) is 19.3 Å². The molecule has 0 amide bonds. The number of morpholine rings is 1. The highest BCUT2D eigenvalue weighted by Gasteiger charge is 2.45. The molecule has 1 N–H and O–H groups in total. The van der Waals surface area contributed by atoms with Crippen LogP contribution in [0.5, 0.6) is 0 Å². The van der Waals surface area contributed by atoms with Crippen LogP contribution in [0.1, 0.15) is 39.5 Å². The monoisotopic (exact) mass is 346 g/mol. The second-order valence-corrected chi connectivity index (χ2v) is 9.86. The van der Waals surface area contributed by atoms with E-state index in [4.69, 9.17) is 9.47 Å². The highest BCUT2D eigenvalue weighted by molar-refractivity contribution is 7.89. The van der Waals surface area contributed by atoms with Gasteiger partial charge in [0.2, 0.25) is 10.0 Å². The molecule has 23 heavy (non-hydrogen) atoms. The molecule has 2 saturated heterocycles. The molecular formula is C16H30N2O4S. The number of nitrogens with one attached hydrogen (secondary N) is 1. The first-order valence-electron chi connectivity index (χ1n) is 8.72. The fraction of sp³-hybridized carbons (Fsp3) is 1.00. The van der Waals surface area contributed by atoms with E-state index in [0.29, 0.717) is 25.2 Å². The molecular weight excluding hydrogens is 316 g/mol. The summed E-state index contributed by atoms with van der Waals surface area (Å²) in [5.41, 5.74) is 0.0931. The SMILES string of the molecule is CC(C)(CNS(=O)(=O)CC1CC2(CCC2)CO1)N1CCOCC1. The van der Waals surface area contributed by atoms with Crippen molar-refractivity contribution in [3.05, 3.63) is 0 Å². The molecule has 1 aliphatic carbocycles. The van der Waals surface area contributed by atoms with E-state index in [2.05, 4.69) is 23.5 Å². The summed E-state index contributed by atoms with van der Waals surface area (Å²) in [6.45, 7) is 8.46. The molecule has 134 valence electrons. The normalized spacial score (nSPS) is 28.9. The fourth-order valence-corrected chi connectivity index (χ4v) is 5.29. The molecule has 0 aromatic rings. The maximum Gasteiger partial charge on any atom is 0.214 e. The largest absolute Gasteiger partial charge is 0.379 e. The lowest BCUT2D eigenvalue weighted by atomic mass is 9.68. The third kappa shape index (κ3) is 4.25. The van der Waals surface area contributed by atoms with Crippen LogP contribution in [0.2, 0.25) is 0 Å². The van der Waals surface area contributed by atoms with Crippen molar-refractivity contribution in [3.63, 3.8) is 0 Å². The Morgan fingerprint density at radius 3 is 2.52 bits per heavy atom. The Morgan fingerprint density at radius 1 is 1.26 bits per heavy atom. The van der Waals surface area contributed by atoms with Crippen molar-refractivity contribution in [3.8, 4) is 0 Å². The standard InChI is InChI=1S/C16H30N2O4S/c1-15(2,18-6-8-21-9-7-18)12-17-23(19,20)11-14-10-16(13-22-14)4-3-5-16/h14,17H,3-13H2,1-2H3. The summed E-state index contributed by atoms with van der Waals surface area (Å²) in [6.07, 6.45) is 4.41. The smallest absolute Gasteiger partial charge is 0.214 e. The van der Waals surface area contributed by atoms with Crippen LogP contribution in [0.25, 0.3) is 0 Å². The quantitative estimate of drug-likeness (QED) is 0.776. The zero-order chi connectivity index (χ0) is 16.6. The van der Waals surface area contributed by atoms with Gasteiger partial charge in [-0.05, 0) is 38.5 Å². The predicted molar refractivity (Wildman–Crippen MR) is 88.9 cm³/mol. The Morgan fingerprint density at radius 2 is 1.96 bits per heavy atom. The van der Waals surface area contributed by atoms with Gasteiger partial charge in [0, 0.05) is 25.2 Å². The summed E-state index contributed by atoms with van der Waals surface area (Å²) in [6, 6.07) is 0. The number of hydrogen-bond donors (Lipinski definition) is 1. The molecule has 7 heteroatoms. The Hall–Kier alpha value is -0.210. The Balaban J connectivity index is 1.48. The molecule has 2 aliphatic heterocycles. The average Bonchev–Trinajstić information content (AvgIpc) is 2.90. The predicted octanol–water partition coefficient (Wildman–Crippen LogP) is 0.976. The van der Waals surface area contributed by atoms with Crippen LogP contribution < -0.4 is 4.72 Å². The van der Waals surface area contributed by atoms with Gasteiger partial charge in [-0.2, -0.15) is 0 Å². The lowest BCUT2D eigenvalue weighted by molar-refractivity contribution is -0.00805. The molecule has 3 aliphatic rings. The summed E-state index contributed by atoms with van der Waals surface area (Å²) in [4.78, 5) is 2.29. The number of rotatable bonds is 6. The van der Waals surface area contributed by atoms with Crippen molar-refractivity contribution < 1.29 is 17.9 Å². The van der Waals surface area contributed by atoms with Gasteiger partial charge in [0.25, 0.3) is 0 Å². The first kappa shape index (κ1) is 17.6. The molecule has 1 spiro atoms. The van der Waals surface area contributed by atoms with Gasteiger partial charge in [0.1, 0.15) is 0 Å². The molecule has 0 aromatic heterocycles. The summed E-state index contributed by atoms with van der Waals surface area (Å²) in [7, 11) is -3.30. The molecule has 6 nitrogen and oxygen atoms in total. The summed E-state index contributed by atoms with van der Waals surface area (Å²) in [5.74, 6) is 0.0912. The van der Waals surface area contributed by atoms with Gasteiger partial charge < -0.3 is 9.47 Å². The van der Waals surface area contributed by atoms with Gasteiger partial charge in [0.05, 0.1) is 31.7 Å². The van der Waals surface area contributed by atoms with E-state index >= 15 is 0 Å². The van der Waals surface area contributed by atoms with Crippen molar-refractivity contribution in [2.45, 2.75) is 51.2 Å². The first-order chi connectivity index (χ1) is 10.8. The minimum atomic E-state index is -3.30. The Labute approximate surface area is 139 Å². The van der Waals surface area contributed by atoms with Crippen LogP contribution in [0, 0.1) is 5.41 Å². The highest BCUT2D eigenvalue weighted by Crippen LogP contribution is 2.49. The third-order valence-corrected chi connectivity index (χ3v) is 7.09.